The summed E-state index contributed by atoms with van der Waals surface area (Å²) >= 11 is 4.94. The summed E-state index contributed by atoms with van der Waals surface area (Å²) in [6, 6.07) is 0.446. The van der Waals surface area contributed by atoms with E-state index in [-0.39, 0.29) is 0 Å². The van der Waals surface area contributed by atoms with Gasteiger partial charge in [-0.05, 0) is 31.0 Å². The summed E-state index contributed by atoms with van der Waals surface area (Å²) in [5.74, 6) is 0.659. The molecule has 1 saturated carbocycles. The highest BCUT2D eigenvalue weighted by Crippen LogP contribution is 2.23. The number of nitrogens with zero attached hydrogens (tertiary/aromatic N) is 1. The first kappa shape index (κ1) is 10.3. The third kappa shape index (κ3) is 3.19. The van der Waals surface area contributed by atoms with Crippen molar-refractivity contribution in [2.45, 2.75) is 38.6 Å². The first-order valence-corrected chi connectivity index (χ1v) is 5.10. The molecule has 0 saturated heterocycles. The fraction of sp³-hybridized carbons (Fsp3) is 0.778. The van der Waals surface area contributed by atoms with Gasteiger partial charge in [-0.25, -0.2) is 0 Å². The highest BCUT2D eigenvalue weighted by molar-refractivity contribution is 7.80. The Kier molecular flexibility index (Phi) is 3.97. The maximum Gasteiger partial charge on any atom is 0.183 e. The maximum absolute atomic E-state index is 8.34. The third-order valence-corrected chi connectivity index (χ3v) is 2.82. The summed E-state index contributed by atoms with van der Waals surface area (Å²) in [5, 5.41) is 14.4. The molecule has 3 nitrogen and oxygen atoms in total. The number of nitriles is 1. The van der Waals surface area contributed by atoms with Crippen LogP contribution in [0.5, 0.6) is 0 Å². The van der Waals surface area contributed by atoms with Crippen molar-refractivity contribution < 1.29 is 0 Å². The lowest BCUT2D eigenvalue weighted by Crippen LogP contribution is -2.44. The fourth-order valence-corrected chi connectivity index (χ4v) is 1.98. The Morgan fingerprint density at radius 3 is 2.77 bits per heavy atom. The van der Waals surface area contributed by atoms with Crippen molar-refractivity contribution in [2.75, 3.05) is 0 Å². The van der Waals surface area contributed by atoms with Crippen LogP contribution in [0.2, 0.25) is 0 Å². The molecule has 0 heterocycles. The zero-order chi connectivity index (χ0) is 9.68. The monoisotopic (exact) mass is 197 g/mol. The van der Waals surface area contributed by atoms with Crippen molar-refractivity contribution in [1.82, 2.24) is 10.6 Å². The lowest BCUT2D eigenvalue weighted by atomic mass is 9.86. The van der Waals surface area contributed by atoms with Crippen LogP contribution < -0.4 is 10.6 Å². The van der Waals surface area contributed by atoms with Crippen molar-refractivity contribution in [3.63, 3.8) is 0 Å². The average molecular weight is 197 g/mol. The Balaban J connectivity index is 2.34. The molecule has 2 atom stereocenters. The third-order valence-electron chi connectivity index (χ3n) is 2.60. The first-order valence-electron chi connectivity index (χ1n) is 4.69. The lowest BCUT2D eigenvalue weighted by Gasteiger charge is -2.29. The van der Waals surface area contributed by atoms with E-state index in [0.29, 0.717) is 17.1 Å². The average Bonchev–Trinajstić information content (AvgIpc) is 2.09. The fourth-order valence-electron chi connectivity index (χ4n) is 1.79. The van der Waals surface area contributed by atoms with Gasteiger partial charge < -0.3 is 5.32 Å². The molecule has 1 aliphatic rings. The highest BCUT2D eigenvalue weighted by atomic mass is 32.1. The van der Waals surface area contributed by atoms with E-state index in [2.05, 4.69) is 17.6 Å². The van der Waals surface area contributed by atoms with Gasteiger partial charge in [0.05, 0.1) is 0 Å². The predicted octanol–water partition coefficient (Wildman–Crippen LogP) is 1.51. The van der Waals surface area contributed by atoms with E-state index in [1.54, 1.807) is 0 Å². The van der Waals surface area contributed by atoms with E-state index in [1.807, 2.05) is 6.19 Å². The highest BCUT2D eigenvalue weighted by Gasteiger charge is 2.21. The Bertz CT molecular complexity index is 221. The van der Waals surface area contributed by atoms with E-state index < -0.39 is 0 Å². The largest absolute Gasteiger partial charge is 0.359 e. The summed E-state index contributed by atoms with van der Waals surface area (Å²) < 4.78 is 0. The van der Waals surface area contributed by atoms with Crippen molar-refractivity contribution in [3.8, 4) is 6.19 Å². The molecule has 1 rings (SSSR count). The molecule has 0 spiro atoms. The molecular weight excluding hydrogens is 182 g/mol. The molecule has 4 heteroatoms. The van der Waals surface area contributed by atoms with E-state index >= 15 is 0 Å². The molecule has 0 bridgehead atoms. The van der Waals surface area contributed by atoms with Crippen molar-refractivity contribution in [2.24, 2.45) is 5.92 Å². The first-order chi connectivity index (χ1) is 6.24. The zero-order valence-electron chi connectivity index (χ0n) is 7.84. The predicted molar refractivity (Wildman–Crippen MR) is 55.9 cm³/mol. The molecule has 0 radical (unpaired) electrons. The minimum absolute atomic E-state index is 0.446. The molecule has 0 aromatic heterocycles. The van der Waals surface area contributed by atoms with Gasteiger partial charge in [0.15, 0.2) is 11.3 Å². The van der Waals surface area contributed by atoms with E-state index in [1.165, 1.54) is 19.3 Å². The molecule has 2 unspecified atom stereocenters. The van der Waals surface area contributed by atoms with Gasteiger partial charge in [0.1, 0.15) is 0 Å². The molecular formula is C9H15N3S. The van der Waals surface area contributed by atoms with Crippen LogP contribution in [0.25, 0.3) is 0 Å². The standard InChI is InChI=1S/C9H15N3S/c1-7-4-2-3-5-8(7)12-9(13)11-6-10/h7-8H,2-5H2,1H3,(H2,11,12,13). The van der Waals surface area contributed by atoms with Gasteiger partial charge in [-0.1, -0.05) is 19.8 Å². The van der Waals surface area contributed by atoms with E-state index in [4.69, 9.17) is 17.5 Å². The topological polar surface area (TPSA) is 47.8 Å². The lowest BCUT2D eigenvalue weighted by molar-refractivity contribution is 0.308. The minimum Gasteiger partial charge on any atom is -0.359 e. The van der Waals surface area contributed by atoms with Crippen LogP contribution in [0.3, 0.4) is 0 Å². The second-order valence-corrected chi connectivity index (χ2v) is 3.99. The SMILES string of the molecule is CC1CCCCC1NC(=S)NC#N. The molecule has 0 aliphatic heterocycles. The minimum atomic E-state index is 0.446. The van der Waals surface area contributed by atoms with Gasteiger partial charge in [-0.15, -0.1) is 0 Å². The molecule has 13 heavy (non-hydrogen) atoms. The Labute approximate surface area is 84.5 Å². The van der Waals surface area contributed by atoms with E-state index in [0.717, 1.165) is 6.42 Å². The van der Waals surface area contributed by atoms with Crippen molar-refractivity contribution >= 4 is 17.3 Å². The van der Waals surface area contributed by atoms with Crippen LogP contribution in [0.4, 0.5) is 0 Å². The van der Waals surface area contributed by atoms with Gasteiger partial charge in [0.25, 0.3) is 0 Å². The summed E-state index contributed by atoms with van der Waals surface area (Å²) in [5.41, 5.74) is 0. The van der Waals surface area contributed by atoms with Crippen LogP contribution in [0.1, 0.15) is 32.6 Å². The molecule has 0 amide bonds. The second kappa shape index (κ2) is 5.03. The van der Waals surface area contributed by atoms with Crippen LogP contribution in [-0.4, -0.2) is 11.2 Å². The van der Waals surface area contributed by atoms with Gasteiger partial charge in [0.2, 0.25) is 0 Å². The van der Waals surface area contributed by atoms with Gasteiger partial charge in [-0.3, -0.25) is 5.32 Å². The summed E-state index contributed by atoms with van der Waals surface area (Å²) in [6.45, 7) is 2.23. The Hall–Kier alpha value is -0.820. The van der Waals surface area contributed by atoms with Gasteiger partial charge >= 0.3 is 0 Å². The number of hydrogen-bond donors (Lipinski definition) is 2. The van der Waals surface area contributed by atoms with Crippen molar-refractivity contribution in [3.05, 3.63) is 0 Å². The zero-order valence-corrected chi connectivity index (χ0v) is 8.66. The van der Waals surface area contributed by atoms with Crippen LogP contribution in [0, 0.1) is 17.4 Å². The van der Waals surface area contributed by atoms with E-state index in [9.17, 15) is 0 Å². The molecule has 0 aromatic carbocycles. The summed E-state index contributed by atoms with van der Waals surface area (Å²) in [6.07, 6.45) is 6.81. The molecule has 1 aliphatic carbocycles. The quantitative estimate of drug-likeness (QED) is 0.380. The number of hydrogen-bond acceptors (Lipinski definition) is 2. The molecule has 72 valence electrons. The molecule has 2 N–H and O–H groups in total. The molecule has 0 aromatic rings. The van der Waals surface area contributed by atoms with Crippen molar-refractivity contribution in [1.29, 1.82) is 5.26 Å². The second-order valence-electron chi connectivity index (χ2n) is 3.58. The smallest absolute Gasteiger partial charge is 0.183 e. The van der Waals surface area contributed by atoms with Crippen LogP contribution in [0.15, 0.2) is 0 Å². The molecule has 1 fully saturated rings. The van der Waals surface area contributed by atoms with Gasteiger partial charge in [0, 0.05) is 6.04 Å². The number of thiocarbonyl (C=S) groups is 1. The maximum atomic E-state index is 8.34. The number of rotatable bonds is 1. The number of nitrogens with one attached hydrogen (secondary N) is 2. The van der Waals surface area contributed by atoms with Gasteiger partial charge in [-0.2, -0.15) is 5.26 Å². The summed E-state index contributed by atoms with van der Waals surface area (Å²) in [4.78, 5) is 0. The normalized spacial score (nSPS) is 27.4. The van der Waals surface area contributed by atoms with Crippen LogP contribution in [-0.2, 0) is 0 Å². The Morgan fingerprint density at radius 2 is 2.15 bits per heavy atom. The Morgan fingerprint density at radius 1 is 1.46 bits per heavy atom. The van der Waals surface area contributed by atoms with Crippen LogP contribution >= 0.6 is 12.2 Å². The summed E-state index contributed by atoms with van der Waals surface area (Å²) in [7, 11) is 0.